The third-order valence-electron chi connectivity index (χ3n) is 3.20. The Labute approximate surface area is 125 Å². The van der Waals surface area contributed by atoms with Crippen LogP contribution in [-0.2, 0) is 11.3 Å². The van der Waals surface area contributed by atoms with Crippen LogP contribution in [0.25, 0.3) is 0 Å². The number of benzene rings is 1. The molecule has 0 saturated heterocycles. The third-order valence-corrected chi connectivity index (χ3v) is 3.20. The van der Waals surface area contributed by atoms with Gasteiger partial charge in [-0.3, -0.25) is 0 Å². The van der Waals surface area contributed by atoms with E-state index in [9.17, 15) is 14.6 Å². The van der Waals surface area contributed by atoms with Crippen LogP contribution < -0.4 is 5.32 Å². The minimum Gasteiger partial charge on any atom is -0.389 e. The lowest BCUT2D eigenvalue weighted by atomic mass is 10.0. The van der Waals surface area contributed by atoms with E-state index >= 15 is 0 Å². The van der Waals surface area contributed by atoms with Gasteiger partial charge in [0.15, 0.2) is 0 Å². The summed E-state index contributed by atoms with van der Waals surface area (Å²) in [6.45, 7) is 4.79. The molecule has 120 valence electrons. The molecule has 1 aromatic rings. The smallest absolute Gasteiger partial charge is 0.128 e. The average molecular weight is 299 g/mol. The SMILES string of the molecule is CCCC(C)(O)CNCC(O)COCc1ccccc1F. The number of nitrogens with one attached hydrogen (secondary N) is 1. The Morgan fingerprint density at radius 1 is 1.38 bits per heavy atom. The lowest BCUT2D eigenvalue weighted by Crippen LogP contribution is -2.41. The van der Waals surface area contributed by atoms with Gasteiger partial charge in [-0.05, 0) is 19.4 Å². The van der Waals surface area contributed by atoms with Gasteiger partial charge in [0.25, 0.3) is 0 Å². The maximum absolute atomic E-state index is 13.3. The van der Waals surface area contributed by atoms with E-state index in [1.54, 1.807) is 25.1 Å². The third kappa shape index (κ3) is 7.52. The van der Waals surface area contributed by atoms with Gasteiger partial charge < -0.3 is 20.3 Å². The van der Waals surface area contributed by atoms with Crippen molar-refractivity contribution in [3.8, 4) is 0 Å². The summed E-state index contributed by atoms with van der Waals surface area (Å²) >= 11 is 0. The molecule has 0 amide bonds. The van der Waals surface area contributed by atoms with Crippen molar-refractivity contribution in [2.24, 2.45) is 0 Å². The predicted octanol–water partition coefficient (Wildman–Crippen LogP) is 1.84. The van der Waals surface area contributed by atoms with Crippen LogP contribution >= 0.6 is 0 Å². The van der Waals surface area contributed by atoms with E-state index in [0.717, 1.165) is 6.42 Å². The van der Waals surface area contributed by atoms with Crippen molar-refractivity contribution in [1.82, 2.24) is 5.32 Å². The van der Waals surface area contributed by atoms with Gasteiger partial charge in [-0.1, -0.05) is 31.5 Å². The Balaban J connectivity index is 2.17. The molecule has 0 bridgehead atoms. The van der Waals surface area contributed by atoms with Crippen molar-refractivity contribution >= 4 is 0 Å². The summed E-state index contributed by atoms with van der Waals surface area (Å²) in [4.78, 5) is 0. The molecule has 4 nitrogen and oxygen atoms in total. The number of aliphatic hydroxyl groups excluding tert-OH is 1. The number of hydrogen-bond acceptors (Lipinski definition) is 4. The second-order valence-corrected chi connectivity index (χ2v) is 5.64. The molecule has 2 unspecified atom stereocenters. The zero-order chi connectivity index (χ0) is 15.7. The zero-order valence-electron chi connectivity index (χ0n) is 12.8. The van der Waals surface area contributed by atoms with E-state index in [2.05, 4.69) is 5.32 Å². The quantitative estimate of drug-likeness (QED) is 0.617. The number of halogens is 1. The molecule has 0 heterocycles. The van der Waals surface area contributed by atoms with Crippen LogP contribution in [0.15, 0.2) is 24.3 Å². The summed E-state index contributed by atoms with van der Waals surface area (Å²) in [6.07, 6.45) is 0.928. The number of ether oxygens (including phenoxy) is 1. The van der Waals surface area contributed by atoms with Crippen LogP contribution in [0, 0.1) is 5.82 Å². The monoisotopic (exact) mass is 299 g/mol. The fourth-order valence-electron chi connectivity index (χ4n) is 2.11. The molecule has 0 spiro atoms. The molecule has 0 aromatic heterocycles. The fraction of sp³-hybridized carbons (Fsp3) is 0.625. The summed E-state index contributed by atoms with van der Waals surface area (Å²) in [5.74, 6) is -0.305. The molecule has 0 fully saturated rings. The van der Waals surface area contributed by atoms with Crippen LogP contribution in [0.3, 0.4) is 0 Å². The normalized spacial score (nSPS) is 15.7. The molecule has 0 aliphatic carbocycles. The molecule has 0 saturated carbocycles. The van der Waals surface area contributed by atoms with Gasteiger partial charge in [0, 0.05) is 18.7 Å². The van der Waals surface area contributed by atoms with E-state index in [0.29, 0.717) is 25.1 Å². The molecular formula is C16H26FNO3. The van der Waals surface area contributed by atoms with Crippen molar-refractivity contribution in [2.45, 2.75) is 45.0 Å². The lowest BCUT2D eigenvalue weighted by Gasteiger charge is -2.24. The molecule has 2 atom stereocenters. The molecular weight excluding hydrogens is 273 g/mol. The van der Waals surface area contributed by atoms with Gasteiger partial charge in [-0.25, -0.2) is 4.39 Å². The minimum atomic E-state index is -0.761. The van der Waals surface area contributed by atoms with Crippen molar-refractivity contribution in [1.29, 1.82) is 0 Å². The van der Waals surface area contributed by atoms with Crippen LogP contribution in [0.2, 0.25) is 0 Å². The van der Waals surface area contributed by atoms with Crippen LogP contribution in [0.1, 0.15) is 32.3 Å². The Morgan fingerprint density at radius 3 is 2.76 bits per heavy atom. The van der Waals surface area contributed by atoms with Crippen LogP contribution in [0.5, 0.6) is 0 Å². The summed E-state index contributed by atoms with van der Waals surface area (Å²) in [7, 11) is 0. The minimum absolute atomic E-state index is 0.122. The van der Waals surface area contributed by atoms with Crippen LogP contribution in [-0.4, -0.2) is 41.6 Å². The fourth-order valence-corrected chi connectivity index (χ4v) is 2.11. The molecule has 0 aliphatic heterocycles. The Bertz CT molecular complexity index is 412. The van der Waals surface area contributed by atoms with Crippen molar-refractivity contribution < 1.29 is 19.3 Å². The van der Waals surface area contributed by atoms with Gasteiger partial charge in [-0.15, -0.1) is 0 Å². The van der Waals surface area contributed by atoms with E-state index in [-0.39, 0.29) is 19.0 Å². The van der Waals surface area contributed by atoms with Gasteiger partial charge in [0.1, 0.15) is 5.82 Å². The number of rotatable bonds is 10. The Morgan fingerprint density at radius 2 is 2.10 bits per heavy atom. The highest BCUT2D eigenvalue weighted by Gasteiger charge is 2.18. The summed E-state index contributed by atoms with van der Waals surface area (Å²) in [5.41, 5.74) is -0.286. The molecule has 0 aliphatic rings. The average Bonchev–Trinajstić information content (AvgIpc) is 2.40. The zero-order valence-corrected chi connectivity index (χ0v) is 12.8. The molecule has 1 rings (SSSR count). The second-order valence-electron chi connectivity index (χ2n) is 5.64. The second kappa shape index (κ2) is 9.10. The Hall–Kier alpha value is -1.01. The first-order chi connectivity index (χ1) is 9.94. The molecule has 21 heavy (non-hydrogen) atoms. The van der Waals surface area contributed by atoms with Gasteiger partial charge in [-0.2, -0.15) is 0 Å². The van der Waals surface area contributed by atoms with Crippen molar-refractivity contribution in [3.05, 3.63) is 35.6 Å². The Kier molecular flexibility index (Phi) is 7.82. The standard InChI is InChI=1S/C16H26FNO3/c1-3-8-16(2,20)12-18-9-14(19)11-21-10-13-6-4-5-7-15(13)17/h4-7,14,18-20H,3,8-12H2,1-2H3. The first-order valence-electron chi connectivity index (χ1n) is 7.37. The van der Waals surface area contributed by atoms with E-state index in [1.165, 1.54) is 6.07 Å². The summed E-state index contributed by atoms with van der Waals surface area (Å²) in [5, 5.41) is 22.7. The van der Waals surface area contributed by atoms with Gasteiger partial charge in [0.05, 0.1) is 24.9 Å². The molecule has 5 heteroatoms. The molecule has 1 aromatic carbocycles. The molecule has 3 N–H and O–H groups in total. The van der Waals surface area contributed by atoms with Crippen LogP contribution in [0.4, 0.5) is 4.39 Å². The van der Waals surface area contributed by atoms with Gasteiger partial charge >= 0.3 is 0 Å². The first-order valence-corrected chi connectivity index (χ1v) is 7.37. The van der Waals surface area contributed by atoms with Crippen molar-refractivity contribution in [3.63, 3.8) is 0 Å². The van der Waals surface area contributed by atoms with E-state index < -0.39 is 11.7 Å². The maximum Gasteiger partial charge on any atom is 0.128 e. The highest BCUT2D eigenvalue weighted by molar-refractivity contribution is 5.16. The number of hydrogen-bond donors (Lipinski definition) is 3. The lowest BCUT2D eigenvalue weighted by molar-refractivity contribution is 0.0181. The maximum atomic E-state index is 13.3. The molecule has 0 radical (unpaired) electrons. The summed E-state index contributed by atoms with van der Waals surface area (Å²) < 4.78 is 18.6. The van der Waals surface area contributed by atoms with E-state index in [4.69, 9.17) is 4.74 Å². The first kappa shape index (κ1) is 18.0. The highest BCUT2D eigenvalue weighted by atomic mass is 19.1. The van der Waals surface area contributed by atoms with Crippen molar-refractivity contribution in [2.75, 3.05) is 19.7 Å². The van der Waals surface area contributed by atoms with Gasteiger partial charge in [0.2, 0.25) is 0 Å². The highest BCUT2D eigenvalue weighted by Crippen LogP contribution is 2.10. The van der Waals surface area contributed by atoms with E-state index in [1.807, 2.05) is 6.92 Å². The number of aliphatic hydroxyl groups is 2. The largest absolute Gasteiger partial charge is 0.389 e. The predicted molar refractivity (Wildman–Crippen MR) is 80.5 cm³/mol. The topological polar surface area (TPSA) is 61.7 Å². The summed E-state index contributed by atoms with van der Waals surface area (Å²) in [6, 6.07) is 6.41.